The molecule has 1 aliphatic rings. The van der Waals surface area contributed by atoms with Gasteiger partial charge in [0.1, 0.15) is 0 Å². The number of nitrogens with one attached hydrogen (secondary N) is 2. The molecule has 0 aliphatic carbocycles. The number of pyridine rings is 1. The molecule has 2 heterocycles. The number of aryl methyl sites for hydroxylation is 2. The van der Waals surface area contributed by atoms with Gasteiger partial charge in [-0.3, -0.25) is 9.78 Å². The number of amides is 2. The number of carbonyl (C=O) groups excluding carboxylic acids is 1. The minimum atomic E-state index is -0.821. The van der Waals surface area contributed by atoms with Gasteiger partial charge in [-0.1, -0.05) is 37.3 Å². The lowest BCUT2D eigenvalue weighted by molar-refractivity contribution is -0.146. The topological polar surface area (TPSA) is 94.6 Å². The SMILES string of the molecule is CCc1cc(NC(=O)NCCN2CCC(C(=O)O)(c3ccccc3)CC2)cc(C)n1. The molecule has 1 fully saturated rings. The first-order valence-corrected chi connectivity index (χ1v) is 10.5. The van der Waals surface area contributed by atoms with Gasteiger partial charge >= 0.3 is 12.0 Å². The fourth-order valence-corrected chi connectivity index (χ4v) is 4.03. The van der Waals surface area contributed by atoms with Gasteiger partial charge in [0.05, 0.1) is 5.41 Å². The highest BCUT2D eigenvalue weighted by Gasteiger charge is 2.42. The van der Waals surface area contributed by atoms with E-state index >= 15 is 0 Å². The number of carboxylic acid groups (broad SMARTS) is 1. The Bertz CT molecular complexity index is 877. The Kier molecular flexibility index (Phi) is 7.05. The summed E-state index contributed by atoms with van der Waals surface area (Å²) in [5, 5.41) is 15.6. The maximum Gasteiger partial charge on any atom is 0.319 e. The maximum absolute atomic E-state index is 12.2. The number of aliphatic carboxylic acids is 1. The maximum atomic E-state index is 12.2. The van der Waals surface area contributed by atoms with Crippen molar-refractivity contribution in [3.05, 3.63) is 59.4 Å². The molecule has 7 nitrogen and oxygen atoms in total. The molecule has 0 bridgehead atoms. The van der Waals surface area contributed by atoms with Crippen LogP contribution in [0.5, 0.6) is 0 Å². The van der Waals surface area contributed by atoms with Crippen LogP contribution < -0.4 is 10.6 Å². The Hall–Kier alpha value is -2.93. The van der Waals surface area contributed by atoms with Crippen molar-refractivity contribution in [1.29, 1.82) is 0 Å². The number of carbonyl (C=O) groups is 2. The van der Waals surface area contributed by atoms with Crippen molar-refractivity contribution in [2.75, 3.05) is 31.5 Å². The molecule has 160 valence electrons. The van der Waals surface area contributed by atoms with Crippen molar-refractivity contribution in [2.45, 2.75) is 38.5 Å². The molecule has 2 aromatic rings. The van der Waals surface area contributed by atoms with Crippen molar-refractivity contribution in [3.8, 4) is 0 Å². The van der Waals surface area contributed by atoms with Crippen LogP contribution in [-0.2, 0) is 16.6 Å². The molecule has 1 saturated heterocycles. The molecule has 1 aromatic heterocycles. The zero-order valence-corrected chi connectivity index (χ0v) is 17.6. The Balaban J connectivity index is 1.47. The number of piperidine rings is 1. The summed E-state index contributed by atoms with van der Waals surface area (Å²) in [7, 11) is 0. The third-order valence-electron chi connectivity index (χ3n) is 5.79. The van der Waals surface area contributed by atoms with Crippen LogP contribution in [0.25, 0.3) is 0 Å². The van der Waals surface area contributed by atoms with E-state index in [-0.39, 0.29) is 6.03 Å². The van der Waals surface area contributed by atoms with Crippen molar-refractivity contribution in [1.82, 2.24) is 15.2 Å². The lowest BCUT2D eigenvalue weighted by Gasteiger charge is -2.39. The fraction of sp³-hybridized carbons (Fsp3) is 0.435. The third kappa shape index (κ3) is 5.16. The summed E-state index contributed by atoms with van der Waals surface area (Å²) < 4.78 is 0. The monoisotopic (exact) mass is 410 g/mol. The van der Waals surface area contributed by atoms with E-state index in [9.17, 15) is 14.7 Å². The van der Waals surface area contributed by atoms with Crippen LogP contribution in [0.1, 0.15) is 36.7 Å². The molecule has 2 amide bonds. The van der Waals surface area contributed by atoms with E-state index in [1.54, 1.807) is 0 Å². The number of hydrogen-bond acceptors (Lipinski definition) is 4. The average molecular weight is 411 g/mol. The van der Waals surface area contributed by atoms with Crippen LogP contribution in [0.15, 0.2) is 42.5 Å². The van der Waals surface area contributed by atoms with Gasteiger partial charge in [-0.05, 0) is 57.0 Å². The number of nitrogens with zero attached hydrogens (tertiary/aromatic N) is 2. The normalized spacial score (nSPS) is 16.1. The molecule has 0 unspecified atom stereocenters. The van der Waals surface area contributed by atoms with Crippen molar-refractivity contribution >= 4 is 17.7 Å². The van der Waals surface area contributed by atoms with Crippen LogP contribution in [-0.4, -0.2) is 53.2 Å². The molecule has 0 saturated carbocycles. The quantitative estimate of drug-likeness (QED) is 0.652. The molecular weight excluding hydrogens is 380 g/mol. The van der Waals surface area contributed by atoms with Gasteiger partial charge in [-0.25, -0.2) is 4.79 Å². The van der Waals surface area contributed by atoms with Crippen LogP contribution in [0.2, 0.25) is 0 Å². The lowest BCUT2D eigenvalue weighted by atomic mass is 9.73. The molecular formula is C23H30N4O3. The molecule has 3 rings (SSSR count). The van der Waals surface area contributed by atoms with Crippen LogP contribution in [0.3, 0.4) is 0 Å². The Morgan fingerprint density at radius 3 is 2.50 bits per heavy atom. The highest BCUT2D eigenvalue weighted by molar-refractivity contribution is 5.89. The third-order valence-corrected chi connectivity index (χ3v) is 5.79. The summed E-state index contributed by atoms with van der Waals surface area (Å²) in [5.74, 6) is -0.759. The second-order valence-electron chi connectivity index (χ2n) is 7.82. The van der Waals surface area contributed by atoms with Gasteiger partial charge in [0.15, 0.2) is 0 Å². The zero-order valence-electron chi connectivity index (χ0n) is 17.6. The zero-order chi connectivity index (χ0) is 21.6. The van der Waals surface area contributed by atoms with E-state index in [0.717, 1.165) is 29.1 Å². The number of likely N-dealkylation sites (tertiary alicyclic amines) is 1. The minimum absolute atomic E-state index is 0.246. The van der Waals surface area contributed by atoms with Crippen LogP contribution in [0.4, 0.5) is 10.5 Å². The smallest absolute Gasteiger partial charge is 0.319 e. The fourth-order valence-electron chi connectivity index (χ4n) is 4.03. The van der Waals surface area contributed by atoms with Crippen LogP contribution >= 0.6 is 0 Å². The summed E-state index contributed by atoms with van der Waals surface area (Å²) in [6.07, 6.45) is 1.94. The number of hydrogen-bond donors (Lipinski definition) is 3. The predicted octanol–water partition coefficient (Wildman–Crippen LogP) is 3.19. The van der Waals surface area contributed by atoms with Gasteiger partial charge in [0.2, 0.25) is 0 Å². The summed E-state index contributed by atoms with van der Waals surface area (Å²) in [6.45, 7) is 6.50. The molecule has 0 spiro atoms. The Labute approximate surface area is 177 Å². The first-order valence-electron chi connectivity index (χ1n) is 10.5. The minimum Gasteiger partial charge on any atom is -0.481 e. The van der Waals surface area contributed by atoms with E-state index in [4.69, 9.17) is 0 Å². The van der Waals surface area contributed by atoms with Crippen molar-refractivity contribution < 1.29 is 14.7 Å². The number of aromatic nitrogens is 1. The van der Waals surface area contributed by atoms with Crippen molar-refractivity contribution in [3.63, 3.8) is 0 Å². The molecule has 30 heavy (non-hydrogen) atoms. The first-order chi connectivity index (χ1) is 14.4. The molecule has 1 aliphatic heterocycles. The summed E-state index contributed by atoms with van der Waals surface area (Å²) in [4.78, 5) is 30.9. The van der Waals surface area contributed by atoms with Gasteiger partial charge in [0, 0.05) is 30.2 Å². The number of urea groups is 1. The Morgan fingerprint density at radius 1 is 1.17 bits per heavy atom. The van der Waals surface area contributed by atoms with Crippen LogP contribution in [0, 0.1) is 6.92 Å². The summed E-state index contributed by atoms with van der Waals surface area (Å²) >= 11 is 0. The first kappa shape index (κ1) is 21.8. The summed E-state index contributed by atoms with van der Waals surface area (Å²) in [6, 6.07) is 13.0. The highest BCUT2D eigenvalue weighted by atomic mass is 16.4. The molecule has 0 radical (unpaired) electrons. The molecule has 0 atom stereocenters. The lowest BCUT2D eigenvalue weighted by Crippen LogP contribution is -2.49. The standard InChI is InChI=1S/C23H30N4O3/c1-3-19-16-20(15-17(2)25-19)26-22(30)24-11-14-27-12-9-23(10-13-27,21(28)29)18-7-5-4-6-8-18/h4-8,15-16H,3,9-14H2,1-2H3,(H,28,29)(H2,24,25,26,30). The number of carboxylic acids is 1. The second kappa shape index (κ2) is 9.71. The number of benzene rings is 1. The van der Waals surface area contributed by atoms with Gasteiger partial charge in [-0.2, -0.15) is 0 Å². The predicted molar refractivity (Wildman–Crippen MR) is 117 cm³/mol. The highest BCUT2D eigenvalue weighted by Crippen LogP contribution is 2.35. The van der Waals surface area contributed by atoms with Gasteiger partial charge < -0.3 is 20.6 Å². The average Bonchev–Trinajstić information content (AvgIpc) is 2.74. The Morgan fingerprint density at radius 2 is 1.87 bits per heavy atom. The summed E-state index contributed by atoms with van der Waals surface area (Å²) in [5.41, 5.74) is 2.61. The van der Waals surface area contributed by atoms with E-state index in [1.165, 1.54) is 0 Å². The van der Waals surface area contributed by atoms with E-state index < -0.39 is 11.4 Å². The van der Waals surface area contributed by atoms with E-state index in [1.807, 2.05) is 56.3 Å². The van der Waals surface area contributed by atoms with E-state index in [0.29, 0.717) is 39.0 Å². The number of anilines is 1. The molecule has 7 heteroatoms. The largest absolute Gasteiger partial charge is 0.481 e. The van der Waals surface area contributed by atoms with Crippen molar-refractivity contribution in [2.24, 2.45) is 0 Å². The second-order valence-corrected chi connectivity index (χ2v) is 7.82. The number of rotatable bonds is 7. The van der Waals surface area contributed by atoms with Gasteiger partial charge in [0.25, 0.3) is 0 Å². The molecule has 3 N–H and O–H groups in total. The molecule has 1 aromatic carbocycles. The van der Waals surface area contributed by atoms with E-state index in [2.05, 4.69) is 20.5 Å². The van der Waals surface area contributed by atoms with Gasteiger partial charge in [-0.15, -0.1) is 0 Å².